The van der Waals surface area contributed by atoms with Crippen molar-refractivity contribution in [1.82, 2.24) is 9.88 Å². The number of fused-ring (bicyclic) bond motifs is 1. The van der Waals surface area contributed by atoms with Crippen molar-refractivity contribution < 1.29 is 19.7 Å². The van der Waals surface area contributed by atoms with Crippen LogP contribution in [0.3, 0.4) is 0 Å². The molecule has 2 aromatic rings. The van der Waals surface area contributed by atoms with Crippen molar-refractivity contribution in [1.29, 1.82) is 0 Å². The molecule has 1 heterocycles. The number of benzene rings is 1. The van der Waals surface area contributed by atoms with Gasteiger partial charge in [0, 0.05) is 42.9 Å². The van der Waals surface area contributed by atoms with Gasteiger partial charge in [0.2, 0.25) is 0 Å². The second-order valence-electron chi connectivity index (χ2n) is 10.8. The standard InChI is InChI=1S/C27H45N3O4/c1-17(2)21(14-24(25(31)15-28)30(26(32)33)27(4,5)6)18(3)19-10-11-23-22(13-19)20(16-29-23)9-8-12-34-7/h10-11,13,16-18,21,24-25,29,31H,8-9,12,14-15,28H2,1-7H3,(H,32,33). The van der Waals surface area contributed by atoms with Crippen LogP contribution in [-0.2, 0) is 11.2 Å². The Morgan fingerprint density at radius 2 is 1.91 bits per heavy atom. The first-order valence-electron chi connectivity index (χ1n) is 12.4. The molecule has 4 atom stereocenters. The molecule has 7 heteroatoms. The summed E-state index contributed by atoms with van der Waals surface area (Å²) in [6.45, 7) is 12.9. The number of rotatable bonds is 12. The minimum atomic E-state index is -1.03. The van der Waals surface area contributed by atoms with E-state index in [1.165, 1.54) is 21.4 Å². The minimum Gasteiger partial charge on any atom is -0.465 e. The normalized spacial score (nSPS) is 15.9. The summed E-state index contributed by atoms with van der Waals surface area (Å²) in [5.74, 6) is 0.624. The van der Waals surface area contributed by atoms with Crippen LogP contribution in [0.2, 0.25) is 0 Å². The van der Waals surface area contributed by atoms with E-state index >= 15 is 0 Å². The molecule has 0 aliphatic carbocycles. The van der Waals surface area contributed by atoms with Crippen molar-refractivity contribution in [2.75, 3.05) is 20.3 Å². The van der Waals surface area contributed by atoms with Gasteiger partial charge in [-0.05, 0) is 81.0 Å². The molecule has 1 aromatic carbocycles. The van der Waals surface area contributed by atoms with E-state index in [9.17, 15) is 15.0 Å². The van der Waals surface area contributed by atoms with Crippen LogP contribution in [0.4, 0.5) is 4.79 Å². The fourth-order valence-corrected chi connectivity index (χ4v) is 5.19. The third-order valence-electron chi connectivity index (χ3n) is 7.07. The Kier molecular flexibility index (Phi) is 9.97. The topological polar surface area (TPSA) is 112 Å². The number of hydrogen-bond acceptors (Lipinski definition) is 4. The van der Waals surface area contributed by atoms with E-state index in [1.807, 2.05) is 20.8 Å². The number of aromatic nitrogens is 1. The molecule has 0 saturated carbocycles. The van der Waals surface area contributed by atoms with Gasteiger partial charge in [0.25, 0.3) is 0 Å². The first kappa shape index (κ1) is 28.1. The number of ether oxygens (including phenoxy) is 1. The van der Waals surface area contributed by atoms with Gasteiger partial charge >= 0.3 is 6.09 Å². The zero-order valence-corrected chi connectivity index (χ0v) is 22.0. The molecule has 0 bridgehead atoms. The Hall–Kier alpha value is -2.09. The van der Waals surface area contributed by atoms with Crippen LogP contribution >= 0.6 is 0 Å². The Labute approximate surface area is 204 Å². The number of hydrogen-bond donors (Lipinski definition) is 4. The number of amides is 1. The van der Waals surface area contributed by atoms with E-state index < -0.39 is 23.8 Å². The van der Waals surface area contributed by atoms with E-state index in [1.54, 1.807) is 7.11 Å². The molecule has 7 nitrogen and oxygen atoms in total. The molecule has 0 radical (unpaired) electrons. The smallest absolute Gasteiger partial charge is 0.408 e. The molecule has 2 rings (SSSR count). The Balaban J connectivity index is 2.39. The van der Waals surface area contributed by atoms with Crippen molar-refractivity contribution in [3.8, 4) is 0 Å². The number of aliphatic hydroxyl groups is 1. The Bertz CT molecular complexity index is 918. The lowest BCUT2D eigenvalue weighted by molar-refractivity contribution is -0.00392. The summed E-state index contributed by atoms with van der Waals surface area (Å²) in [5, 5.41) is 22.0. The first-order chi connectivity index (χ1) is 15.9. The molecule has 4 unspecified atom stereocenters. The van der Waals surface area contributed by atoms with Crippen LogP contribution in [0.15, 0.2) is 24.4 Å². The van der Waals surface area contributed by atoms with Gasteiger partial charge < -0.3 is 25.7 Å². The van der Waals surface area contributed by atoms with Crippen LogP contribution in [0.25, 0.3) is 10.9 Å². The van der Waals surface area contributed by atoms with Crippen molar-refractivity contribution in [2.24, 2.45) is 17.6 Å². The highest BCUT2D eigenvalue weighted by Crippen LogP contribution is 2.37. The molecule has 1 aromatic heterocycles. The molecule has 192 valence electrons. The van der Waals surface area contributed by atoms with Crippen LogP contribution < -0.4 is 5.73 Å². The summed E-state index contributed by atoms with van der Waals surface area (Å²) in [4.78, 5) is 17.0. The number of aliphatic hydroxyl groups excluding tert-OH is 1. The van der Waals surface area contributed by atoms with E-state index in [-0.39, 0.29) is 18.4 Å². The highest BCUT2D eigenvalue weighted by atomic mass is 16.5. The zero-order chi connectivity index (χ0) is 25.6. The fourth-order valence-electron chi connectivity index (χ4n) is 5.19. The lowest BCUT2D eigenvalue weighted by Crippen LogP contribution is -2.57. The predicted octanol–water partition coefficient (Wildman–Crippen LogP) is 4.98. The minimum absolute atomic E-state index is 0.0177. The van der Waals surface area contributed by atoms with Gasteiger partial charge in [-0.2, -0.15) is 0 Å². The molecule has 0 spiro atoms. The van der Waals surface area contributed by atoms with E-state index in [2.05, 4.69) is 50.2 Å². The third kappa shape index (κ3) is 6.74. The number of methoxy groups -OCH3 is 1. The number of H-pyrrole nitrogens is 1. The second kappa shape index (κ2) is 12.0. The number of carboxylic acid groups (broad SMARTS) is 1. The monoisotopic (exact) mass is 475 g/mol. The zero-order valence-electron chi connectivity index (χ0n) is 22.0. The third-order valence-corrected chi connectivity index (χ3v) is 7.07. The summed E-state index contributed by atoms with van der Waals surface area (Å²) in [5.41, 5.74) is 8.79. The van der Waals surface area contributed by atoms with Gasteiger partial charge in [0.15, 0.2) is 0 Å². The molecule has 0 aliphatic heterocycles. The summed E-state index contributed by atoms with van der Waals surface area (Å²) in [6.07, 6.45) is 2.57. The summed E-state index contributed by atoms with van der Waals surface area (Å²) in [6, 6.07) is 5.97. The number of aryl methyl sites for hydroxylation is 1. The average Bonchev–Trinajstić information content (AvgIpc) is 3.16. The van der Waals surface area contributed by atoms with Gasteiger partial charge in [0.05, 0.1) is 12.1 Å². The second-order valence-corrected chi connectivity index (χ2v) is 10.8. The molecule has 34 heavy (non-hydrogen) atoms. The summed E-state index contributed by atoms with van der Waals surface area (Å²) >= 11 is 0. The number of nitrogens with zero attached hydrogens (tertiary/aromatic N) is 1. The molecular weight excluding hydrogens is 430 g/mol. The van der Waals surface area contributed by atoms with Gasteiger partial charge in [0.1, 0.15) is 0 Å². The summed E-state index contributed by atoms with van der Waals surface area (Å²) < 4.78 is 5.21. The molecule has 1 amide bonds. The van der Waals surface area contributed by atoms with Crippen molar-refractivity contribution in [3.63, 3.8) is 0 Å². The van der Waals surface area contributed by atoms with Crippen LogP contribution in [0.5, 0.6) is 0 Å². The van der Waals surface area contributed by atoms with Crippen molar-refractivity contribution in [2.45, 2.75) is 84.4 Å². The molecule has 5 N–H and O–H groups in total. The highest BCUT2D eigenvalue weighted by Gasteiger charge is 2.39. The van der Waals surface area contributed by atoms with E-state index in [0.29, 0.717) is 12.3 Å². The molecule has 0 fully saturated rings. The maximum Gasteiger partial charge on any atom is 0.408 e. The predicted molar refractivity (Wildman–Crippen MR) is 138 cm³/mol. The highest BCUT2D eigenvalue weighted by molar-refractivity contribution is 5.84. The summed E-state index contributed by atoms with van der Waals surface area (Å²) in [7, 11) is 1.72. The van der Waals surface area contributed by atoms with Crippen LogP contribution in [0, 0.1) is 11.8 Å². The van der Waals surface area contributed by atoms with Gasteiger partial charge in [-0.25, -0.2) is 4.79 Å². The Morgan fingerprint density at radius 1 is 1.24 bits per heavy atom. The molecular formula is C27H45N3O4. The number of nitrogens with two attached hydrogens (primary N) is 1. The van der Waals surface area contributed by atoms with Gasteiger partial charge in [-0.3, -0.25) is 4.90 Å². The van der Waals surface area contributed by atoms with Gasteiger partial charge in [-0.1, -0.05) is 26.8 Å². The number of carbonyl (C=O) groups is 1. The Morgan fingerprint density at radius 3 is 2.44 bits per heavy atom. The van der Waals surface area contributed by atoms with Crippen molar-refractivity contribution >= 4 is 17.0 Å². The largest absolute Gasteiger partial charge is 0.465 e. The first-order valence-corrected chi connectivity index (χ1v) is 12.4. The number of aromatic amines is 1. The quantitative estimate of drug-likeness (QED) is 0.324. The van der Waals surface area contributed by atoms with Gasteiger partial charge in [-0.15, -0.1) is 0 Å². The van der Waals surface area contributed by atoms with Crippen molar-refractivity contribution in [3.05, 3.63) is 35.5 Å². The molecule has 0 aliphatic rings. The van der Waals surface area contributed by atoms with E-state index in [4.69, 9.17) is 10.5 Å². The molecule has 0 saturated heterocycles. The lowest BCUT2D eigenvalue weighted by Gasteiger charge is -2.44. The lowest BCUT2D eigenvalue weighted by atomic mass is 9.75. The van der Waals surface area contributed by atoms with Crippen LogP contribution in [-0.4, -0.2) is 64.1 Å². The van der Waals surface area contributed by atoms with E-state index in [0.717, 1.165) is 25.0 Å². The number of nitrogens with one attached hydrogen (secondary N) is 1. The maximum absolute atomic E-state index is 12.2. The maximum atomic E-state index is 12.2. The SMILES string of the molecule is COCCCc1c[nH]c2ccc(C(C)C(CC(C(O)CN)N(C(=O)O)C(C)(C)C)C(C)C)cc12. The average molecular weight is 476 g/mol. The fraction of sp³-hybridized carbons (Fsp3) is 0.667. The van der Waals surface area contributed by atoms with Crippen LogP contribution in [0.1, 0.15) is 71.4 Å².